The molecule has 8 nitrogen and oxygen atoms in total. The van der Waals surface area contributed by atoms with E-state index in [-0.39, 0.29) is 12.3 Å². The predicted octanol–water partition coefficient (Wildman–Crippen LogP) is 3.02. The molecule has 10 heteroatoms. The summed E-state index contributed by atoms with van der Waals surface area (Å²) in [4.78, 5) is 37.7. The van der Waals surface area contributed by atoms with E-state index in [4.69, 9.17) is 9.47 Å². The van der Waals surface area contributed by atoms with Crippen LogP contribution in [0.2, 0.25) is 0 Å². The predicted molar refractivity (Wildman–Crippen MR) is 120 cm³/mol. The number of ether oxygens (including phenoxy) is 3. The molecule has 1 N–H and O–H groups in total. The molecule has 0 aromatic heterocycles. The lowest BCUT2D eigenvalue weighted by Gasteiger charge is -2.18. The van der Waals surface area contributed by atoms with Crippen LogP contribution in [0.1, 0.15) is 18.1 Å². The van der Waals surface area contributed by atoms with E-state index < -0.39 is 37.0 Å². The Morgan fingerprint density at radius 1 is 1.03 bits per heavy atom. The van der Waals surface area contributed by atoms with Gasteiger partial charge in [-0.15, -0.1) is 0 Å². The zero-order chi connectivity index (χ0) is 25.1. The van der Waals surface area contributed by atoms with Crippen molar-refractivity contribution in [2.45, 2.75) is 26.1 Å². The number of rotatable bonds is 11. The van der Waals surface area contributed by atoms with Crippen LogP contribution in [0.25, 0.3) is 6.08 Å². The van der Waals surface area contributed by atoms with Crippen molar-refractivity contribution < 1.29 is 37.4 Å². The van der Waals surface area contributed by atoms with E-state index in [2.05, 4.69) is 10.1 Å². The van der Waals surface area contributed by atoms with Crippen LogP contribution in [0.4, 0.5) is 8.78 Å². The molecule has 2 aromatic carbocycles. The summed E-state index contributed by atoms with van der Waals surface area (Å²) in [6.07, 6.45) is 2.86. The number of hydrogen-bond donors (Lipinski definition) is 1. The third-order valence-corrected chi connectivity index (χ3v) is 4.59. The highest BCUT2D eigenvalue weighted by Crippen LogP contribution is 2.16. The average molecular weight is 476 g/mol. The first-order valence-electron chi connectivity index (χ1n) is 10.2. The minimum absolute atomic E-state index is 0.0107. The smallest absolute Gasteiger partial charge is 0.387 e. The van der Waals surface area contributed by atoms with Gasteiger partial charge in [0.2, 0.25) is 5.91 Å². The standard InChI is InChI=1S/C24H26F2N2O6/c1-16(27-21(29)13-8-17-4-9-19(32-3)10-5-17)23(31)33-15-22(30)28(2)14-18-6-11-20(12-7-18)34-24(25)26/h4-13,16,24H,14-15H2,1-3H3,(H,27,29)/t16-/m0/s1. The summed E-state index contributed by atoms with van der Waals surface area (Å²) in [5, 5.41) is 2.47. The zero-order valence-corrected chi connectivity index (χ0v) is 19.0. The molecule has 2 rings (SSSR count). The Hall–Kier alpha value is -3.95. The molecule has 0 saturated heterocycles. The van der Waals surface area contributed by atoms with Crippen molar-refractivity contribution in [1.29, 1.82) is 0 Å². The summed E-state index contributed by atoms with van der Waals surface area (Å²) >= 11 is 0. The molecule has 2 aromatic rings. The fraction of sp³-hybridized carbons (Fsp3) is 0.292. The highest BCUT2D eigenvalue weighted by atomic mass is 19.3. The van der Waals surface area contributed by atoms with E-state index in [1.54, 1.807) is 49.6 Å². The number of alkyl halides is 2. The third-order valence-electron chi connectivity index (χ3n) is 4.59. The summed E-state index contributed by atoms with van der Waals surface area (Å²) in [5.74, 6) is -1.03. The maximum Gasteiger partial charge on any atom is 0.387 e. The summed E-state index contributed by atoms with van der Waals surface area (Å²) in [5.41, 5.74) is 1.45. The van der Waals surface area contributed by atoms with Crippen molar-refractivity contribution >= 4 is 23.9 Å². The largest absolute Gasteiger partial charge is 0.497 e. The Labute approximate surface area is 196 Å². The monoisotopic (exact) mass is 476 g/mol. The molecule has 0 spiro atoms. The lowest BCUT2D eigenvalue weighted by atomic mass is 10.2. The minimum Gasteiger partial charge on any atom is -0.497 e. The van der Waals surface area contributed by atoms with Gasteiger partial charge in [0.1, 0.15) is 17.5 Å². The summed E-state index contributed by atoms with van der Waals surface area (Å²) < 4.78 is 38.7. The van der Waals surface area contributed by atoms with Gasteiger partial charge in [-0.25, -0.2) is 4.79 Å². The molecule has 0 fully saturated rings. The van der Waals surface area contributed by atoms with Crippen LogP contribution >= 0.6 is 0 Å². The van der Waals surface area contributed by atoms with Gasteiger partial charge < -0.3 is 24.4 Å². The number of carbonyl (C=O) groups excluding carboxylic acids is 3. The second kappa shape index (κ2) is 12.9. The summed E-state index contributed by atoms with van der Waals surface area (Å²) in [6, 6.07) is 11.9. The Bertz CT molecular complexity index is 994. The van der Waals surface area contributed by atoms with Crippen LogP contribution in [-0.4, -0.2) is 56.1 Å². The molecule has 0 aliphatic heterocycles. The number of esters is 1. The van der Waals surface area contributed by atoms with Gasteiger partial charge in [-0.3, -0.25) is 9.59 Å². The molecule has 0 radical (unpaired) electrons. The van der Waals surface area contributed by atoms with Crippen LogP contribution in [-0.2, 0) is 25.7 Å². The highest BCUT2D eigenvalue weighted by molar-refractivity contribution is 5.94. The molecule has 1 atom stereocenters. The molecule has 0 aliphatic carbocycles. The second-order valence-electron chi connectivity index (χ2n) is 7.22. The Balaban J connectivity index is 1.75. The van der Waals surface area contributed by atoms with E-state index in [1.807, 2.05) is 0 Å². The SMILES string of the molecule is COc1ccc(C=CC(=O)N[C@@H](C)C(=O)OCC(=O)N(C)Cc2ccc(OC(F)F)cc2)cc1. The Morgan fingerprint density at radius 2 is 1.65 bits per heavy atom. The van der Waals surface area contributed by atoms with Crippen LogP contribution in [0.3, 0.4) is 0 Å². The number of carbonyl (C=O) groups is 3. The quantitative estimate of drug-likeness (QED) is 0.396. The Morgan fingerprint density at radius 3 is 2.24 bits per heavy atom. The first kappa shape index (κ1) is 26.3. The Kier molecular flexibility index (Phi) is 10.0. The maximum atomic E-state index is 12.2. The maximum absolute atomic E-state index is 12.2. The number of halogens is 2. The molecular weight excluding hydrogens is 450 g/mol. The number of nitrogens with one attached hydrogen (secondary N) is 1. The van der Waals surface area contributed by atoms with Gasteiger partial charge in [0.25, 0.3) is 5.91 Å². The van der Waals surface area contributed by atoms with Crippen molar-refractivity contribution in [3.05, 3.63) is 65.7 Å². The number of amides is 2. The van der Waals surface area contributed by atoms with Crippen LogP contribution in [0.15, 0.2) is 54.6 Å². The molecule has 2 amide bonds. The van der Waals surface area contributed by atoms with Crippen molar-refractivity contribution in [2.75, 3.05) is 20.8 Å². The first-order chi connectivity index (χ1) is 16.2. The van der Waals surface area contributed by atoms with Gasteiger partial charge >= 0.3 is 12.6 Å². The lowest BCUT2D eigenvalue weighted by Crippen LogP contribution is -2.40. The molecule has 0 saturated carbocycles. The van der Waals surface area contributed by atoms with Crippen molar-refractivity contribution in [3.63, 3.8) is 0 Å². The van der Waals surface area contributed by atoms with Crippen molar-refractivity contribution in [3.8, 4) is 11.5 Å². The highest BCUT2D eigenvalue weighted by Gasteiger charge is 2.19. The van der Waals surface area contributed by atoms with Crippen LogP contribution in [0.5, 0.6) is 11.5 Å². The van der Waals surface area contributed by atoms with Crippen molar-refractivity contribution in [2.24, 2.45) is 0 Å². The number of likely N-dealkylation sites (N-methyl/N-ethyl adjacent to an activating group) is 1. The molecule has 34 heavy (non-hydrogen) atoms. The molecular formula is C24H26F2N2O6. The van der Waals surface area contributed by atoms with E-state index in [0.29, 0.717) is 11.3 Å². The number of methoxy groups -OCH3 is 1. The number of nitrogens with zero attached hydrogens (tertiary/aromatic N) is 1. The molecule has 0 bridgehead atoms. The van der Waals surface area contributed by atoms with E-state index in [0.717, 1.165) is 5.56 Å². The topological polar surface area (TPSA) is 94.2 Å². The van der Waals surface area contributed by atoms with E-state index in [1.165, 1.54) is 37.1 Å². The van der Waals surface area contributed by atoms with Gasteiger partial charge in [-0.05, 0) is 48.4 Å². The molecule has 0 unspecified atom stereocenters. The van der Waals surface area contributed by atoms with Gasteiger partial charge in [-0.1, -0.05) is 24.3 Å². The van der Waals surface area contributed by atoms with Crippen LogP contribution in [0, 0.1) is 0 Å². The average Bonchev–Trinajstić information content (AvgIpc) is 2.82. The van der Waals surface area contributed by atoms with Gasteiger partial charge in [0.05, 0.1) is 7.11 Å². The van der Waals surface area contributed by atoms with Crippen LogP contribution < -0.4 is 14.8 Å². The fourth-order valence-electron chi connectivity index (χ4n) is 2.71. The van der Waals surface area contributed by atoms with E-state index in [9.17, 15) is 23.2 Å². The van der Waals surface area contributed by atoms with Gasteiger partial charge in [-0.2, -0.15) is 8.78 Å². The number of hydrogen-bond acceptors (Lipinski definition) is 6. The third kappa shape index (κ3) is 8.89. The number of benzene rings is 2. The normalized spacial score (nSPS) is 11.7. The zero-order valence-electron chi connectivity index (χ0n) is 19.0. The summed E-state index contributed by atoms with van der Waals surface area (Å²) in [6.45, 7) is -1.81. The minimum atomic E-state index is -2.92. The van der Waals surface area contributed by atoms with Gasteiger partial charge in [0.15, 0.2) is 6.61 Å². The van der Waals surface area contributed by atoms with Gasteiger partial charge in [0, 0.05) is 19.7 Å². The molecule has 182 valence electrons. The first-order valence-corrected chi connectivity index (χ1v) is 10.2. The summed E-state index contributed by atoms with van der Waals surface area (Å²) in [7, 11) is 3.06. The second-order valence-corrected chi connectivity index (χ2v) is 7.22. The van der Waals surface area contributed by atoms with Crippen molar-refractivity contribution in [1.82, 2.24) is 10.2 Å². The molecule has 0 aliphatic rings. The lowest BCUT2D eigenvalue weighted by molar-refractivity contribution is -0.153. The van der Waals surface area contributed by atoms with E-state index >= 15 is 0 Å². The fourth-order valence-corrected chi connectivity index (χ4v) is 2.71. The molecule has 0 heterocycles.